The van der Waals surface area contributed by atoms with Gasteiger partial charge in [-0.2, -0.15) is 0 Å². The molecule has 1 atom stereocenters. The number of aliphatic hydroxyl groups is 2. The van der Waals surface area contributed by atoms with Crippen LogP contribution in [0.1, 0.15) is 23.0 Å². The first kappa shape index (κ1) is 15.1. The van der Waals surface area contributed by atoms with Gasteiger partial charge in [-0.3, -0.25) is 0 Å². The van der Waals surface area contributed by atoms with Gasteiger partial charge in [-0.25, -0.2) is 0 Å². The second-order valence-corrected chi connectivity index (χ2v) is 5.13. The maximum atomic E-state index is 11.2. The van der Waals surface area contributed by atoms with Crippen molar-refractivity contribution < 1.29 is 14.6 Å². The molecule has 0 spiro atoms. The molecule has 1 aromatic heterocycles. The van der Waals surface area contributed by atoms with Gasteiger partial charge in [0.05, 0.1) is 6.26 Å². The second-order valence-electron chi connectivity index (χ2n) is 5.13. The third kappa shape index (κ3) is 3.19. The Labute approximate surface area is 134 Å². The highest BCUT2D eigenvalue weighted by molar-refractivity contribution is 5.44. The number of rotatable bonds is 3. The van der Waals surface area contributed by atoms with Crippen LogP contribution in [-0.4, -0.2) is 10.2 Å². The maximum Gasteiger partial charge on any atom is 0.176 e. The lowest BCUT2D eigenvalue weighted by Gasteiger charge is -2.23. The maximum absolute atomic E-state index is 11.2. The van der Waals surface area contributed by atoms with Crippen LogP contribution >= 0.6 is 0 Å². The van der Waals surface area contributed by atoms with Gasteiger partial charge in [-0.05, 0) is 12.1 Å². The fraction of sp³-hybridized carbons (Fsp3) is 0.100. The fourth-order valence-electron chi connectivity index (χ4n) is 2.36. The Morgan fingerprint density at radius 3 is 1.87 bits per heavy atom. The van der Waals surface area contributed by atoms with Gasteiger partial charge in [-0.15, -0.1) is 0 Å². The molecular formula is C20H16O3. The van der Waals surface area contributed by atoms with E-state index in [9.17, 15) is 10.2 Å². The Bertz CT molecular complexity index is 757. The highest BCUT2D eigenvalue weighted by Gasteiger charge is 2.29. The van der Waals surface area contributed by atoms with Crippen LogP contribution < -0.4 is 0 Å². The summed E-state index contributed by atoms with van der Waals surface area (Å²) < 4.78 is 5.14. The van der Waals surface area contributed by atoms with Crippen LogP contribution in [0.4, 0.5) is 0 Å². The first-order valence-corrected chi connectivity index (χ1v) is 7.28. The van der Waals surface area contributed by atoms with Crippen molar-refractivity contribution in [1.82, 2.24) is 0 Å². The second kappa shape index (κ2) is 6.53. The highest BCUT2D eigenvalue weighted by Crippen LogP contribution is 2.29. The van der Waals surface area contributed by atoms with Crippen molar-refractivity contribution in [3.63, 3.8) is 0 Å². The van der Waals surface area contributed by atoms with Crippen LogP contribution in [-0.2, 0) is 5.60 Å². The first-order valence-electron chi connectivity index (χ1n) is 7.28. The minimum Gasteiger partial charge on any atom is -0.466 e. The summed E-state index contributed by atoms with van der Waals surface area (Å²) in [6, 6.07) is 21.7. The number of furan rings is 1. The molecule has 0 saturated heterocycles. The first-order chi connectivity index (χ1) is 11.2. The van der Waals surface area contributed by atoms with Crippen LogP contribution in [0, 0.1) is 11.8 Å². The third-order valence-electron chi connectivity index (χ3n) is 3.59. The number of hydrogen-bond acceptors (Lipinski definition) is 3. The molecule has 2 N–H and O–H groups in total. The van der Waals surface area contributed by atoms with E-state index in [0.29, 0.717) is 16.9 Å². The molecule has 0 aliphatic carbocycles. The molecule has 0 bridgehead atoms. The summed E-state index contributed by atoms with van der Waals surface area (Å²) in [5, 5.41) is 21.3. The Morgan fingerprint density at radius 1 is 0.826 bits per heavy atom. The summed E-state index contributed by atoms with van der Waals surface area (Å²) in [6.07, 6.45) is 0.379. The lowest BCUT2D eigenvalue weighted by Crippen LogP contribution is -2.25. The average molecular weight is 304 g/mol. The molecule has 1 heterocycles. The lowest BCUT2D eigenvalue weighted by molar-refractivity contribution is 0.143. The zero-order valence-corrected chi connectivity index (χ0v) is 12.4. The van der Waals surface area contributed by atoms with E-state index >= 15 is 0 Å². The quantitative estimate of drug-likeness (QED) is 0.730. The van der Waals surface area contributed by atoms with E-state index in [-0.39, 0.29) is 0 Å². The molecule has 3 nitrogen and oxygen atoms in total. The number of hydrogen-bond donors (Lipinski definition) is 2. The predicted molar refractivity (Wildman–Crippen MR) is 87.3 cm³/mol. The Kier molecular flexibility index (Phi) is 4.29. The summed E-state index contributed by atoms with van der Waals surface area (Å²) in [5.41, 5.74) is -0.216. The van der Waals surface area contributed by atoms with Gasteiger partial charge in [0, 0.05) is 11.1 Å². The molecule has 3 aromatic rings. The van der Waals surface area contributed by atoms with E-state index in [1.807, 2.05) is 36.4 Å². The van der Waals surface area contributed by atoms with Crippen LogP contribution in [0.15, 0.2) is 83.5 Å². The Hall–Kier alpha value is -2.80. The molecule has 2 aromatic carbocycles. The van der Waals surface area contributed by atoms with Crippen LogP contribution in [0.2, 0.25) is 0 Å². The van der Waals surface area contributed by atoms with Crippen molar-refractivity contribution >= 4 is 0 Å². The van der Waals surface area contributed by atoms with E-state index in [1.165, 1.54) is 6.26 Å². The van der Waals surface area contributed by atoms with Crippen LogP contribution in [0.5, 0.6) is 0 Å². The third-order valence-corrected chi connectivity index (χ3v) is 3.59. The zero-order valence-electron chi connectivity index (χ0n) is 12.4. The van der Waals surface area contributed by atoms with Crippen LogP contribution in [0.3, 0.4) is 0 Å². The zero-order chi connectivity index (χ0) is 16.1. The largest absolute Gasteiger partial charge is 0.466 e. The monoisotopic (exact) mass is 304 g/mol. The number of aliphatic hydroxyl groups excluding tert-OH is 1. The molecule has 0 amide bonds. The highest BCUT2D eigenvalue weighted by atomic mass is 16.4. The van der Waals surface area contributed by atoms with Crippen molar-refractivity contribution in [2.24, 2.45) is 0 Å². The van der Waals surface area contributed by atoms with E-state index in [0.717, 1.165) is 0 Å². The van der Waals surface area contributed by atoms with Crippen molar-refractivity contribution in [3.05, 3.63) is 95.9 Å². The smallest absolute Gasteiger partial charge is 0.176 e. The van der Waals surface area contributed by atoms with Gasteiger partial charge in [0.2, 0.25) is 0 Å². The Morgan fingerprint density at radius 2 is 1.39 bits per heavy atom. The summed E-state index contributed by atoms with van der Waals surface area (Å²) >= 11 is 0. The molecule has 3 heteroatoms. The van der Waals surface area contributed by atoms with E-state index in [2.05, 4.69) is 11.8 Å². The van der Waals surface area contributed by atoms with Gasteiger partial charge >= 0.3 is 0 Å². The SMILES string of the molecule is OC(C#CC(O)(c1ccccc1)c1ccccc1)c1ccco1. The van der Waals surface area contributed by atoms with E-state index in [1.54, 1.807) is 36.4 Å². The van der Waals surface area contributed by atoms with Gasteiger partial charge in [0.25, 0.3) is 0 Å². The van der Waals surface area contributed by atoms with Crippen molar-refractivity contribution in [1.29, 1.82) is 0 Å². The molecule has 0 fully saturated rings. The Balaban J connectivity index is 2.04. The van der Waals surface area contributed by atoms with E-state index < -0.39 is 11.7 Å². The molecule has 3 rings (SSSR count). The lowest BCUT2D eigenvalue weighted by atomic mass is 9.86. The summed E-state index contributed by atoms with van der Waals surface area (Å²) in [6.45, 7) is 0. The molecule has 0 radical (unpaired) electrons. The molecule has 114 valence electrons. The van der Waals surface area contributed by atoms with Crippen LogP contribution in [0.25, 0.3) is 0 Å². The standard InChI is InChI=1S/C20H16O3/c21-18(19-12-7-15-23-19)13-14-20(22,16-8-3-1-4-9-16)17-10-5-2-6-11-17/h1-12,15,18,21-22H. The van der Waals surface area contributed by atoms with Crippen molar-refractivity contribution in [2.75, 3.05) is 0 Å². The minimum absolute atomic E-state index is 0.348. The molecule has 23 heavy (non-hydrogen) atoms. The molecule has 1 unspecified atom stereocenters. The molecule has 0 aliphatic heterocycles. The minimum atomic E-state index is -1.50. The number of benzene rings is 2. The fourth-order valence-corrected chi connectivity index (χ4v) is 2.36. The summed E-state index contributed by atoms with van der Waals surface area (Å²) in [4.78, 5) is 0. The van der Waals surface area contributed by atoms with Crippen molar-refractivity contribution in [2.45, 2.75) is 11.7 Å². The summed E-state index contributed by atoms with van der Waals surface area (Å²) in [5.74, 6) is 5.84. The van der Waals surface area contributed by atoms with E-state index in [4.69, 9.17) is 4.42 Å². The van der Waals surface area contributed by atoms with Crippen molar-refractivity contribution in [3.8, 4) is 11.8 Å². The topological polar surface area (TPSA) is 53.6 Å². The summed E-state index contributed by atoms with van der Waals surface area (Å²) in [7, 11) is 0. The van der Waals surface area contributed by atoms with Gasteiger partial charge in [-0.1, -0.05) is 72.5 Å². The molecular weight excluding hydrogens is 288 g/mol. The predicted octanol–water partition coefficient (Wildman–Crippen LogP) is 3.25. The van der Waals surface area contributed by atoms with Gasteiger partial charge in [0.1, 0.15) is 5.76 Å². The molecule has 0 aliphatic rings. The van der Waals surface area contributed by atoms with Gasteiger partial charge < -0.3 is 14.6 Å². The normalized spacial score (nSPS) is 12.3. The van der Waals surface area contributed by atoms with Gasteiger partial charge in [0.15, 0.2) is 11.7 Å². The average Bonchev–Trinajstić information content (AvgIpc) is 3.16. The molecule has 0 saturated carbocycles.